The van der Waals surface area contributed by atoms with Crippen molar-refractivity contribution in [1.82, 2.24) is 10.3 Å². The Bertz CT molecular complexity index is 994. The highest BCUT2D eigenvalue weighted by Crippen LogP contribution is 2.33. The SMILES string of the molecule is Cc1ccc(S(=O)(=O)c2ncsc2SCC(=O)NCCc2ccco2)cc1. The van der Waals surface area contributed by atoms with E-state index in [1.165, 1.54) is 28.6 Å². The van der Waals surface area contributed by atoms with Crippen LogP contribution in [-0.4, -0.2) is 31.6 Å². The number of furan rings is 1. The summed E-state index contributed by atoms with van der Waals surface area (Å²) in [5.74, 6) is 0.757. The highest BCUT2D eigenvalue weighted by Gasteiger charge is 2.25. The summed E-state index contributed by atoms with van der Waals surface area (Å²) < 4.78 is 31.3. The Kier molecular flexibility index (Phi) is 6.35. The minimum atomic E-state index is -3.70. The fraction of sp³-hybridized carbons (Fsp3) is 0.222. The Morgan fingerprint density at radius 2 is 2.04 bits per heavy atom. The first-order chi connectivity index (χ1) is 13.0. The summed E-state index contributed by atoms with van der Waals surface area (Å²) in [6.07, 6.45) is 2.20. The largest absolute Gasteiger partial charge is 0.469 e. The number of thiazole rings is 1. The molecule has 3 rings (SSSR count). The molecule has 2 aromatic heterocycles. The fourth-order valence-corrected chi connectivity index (χ4v) is 5.99. The topological polar surface area (TPSA) is 89.3 Å². The molecule has 0 aliphatic heterocycles. The zero-order chi connectivity index (χ0) is 19.3. The van der Waals surface area contributed by atoms with E-state index in [1.807, 2.05) is 13.0 Å². The number of carbonyl (C=O) groups is 1. The third-order valence-corrected chi connectivity index (χ3v) is 7.79. The van der Waals surface area contributed by atoms with Crippen molar-refractivity contribution < 1.29 is 17.6 Å². The highest BCUT2D eigenvalue weighted by atomic mass is 32.2. The summed E-state index contributed by atoms with van der Waals surface area (Å²) in [5, 5.41) is 2.80. The van der Waals surface area contributed by atoms with Crippen LogP contribution in [0.5, 0.6) is 0 Å². The first-order valence-corrected chi connectivity index (χ1v) is 11.5. The summed E-state index contributed by atoms with van der Waals surface area (Å²) in [4.78, 5) is 16.2. The average molecular weight is 423 g/mol. The number of amides is 1. The van der Waals surface area contributed by atoms with Gasteiger partial charge in [0, 0.05) is 13.0 Å². The van der Waals surface area contributed by atoms with E-state index >= 15 is 0 Å². The molecule has 0 aliphatic rings. The van der Waals surface area contributed by atoms with Crippen molar-refractivity contribution in [2.24, 2.45) is 0 Å². The average Bonchev–Trinajstić information content (AvgIpc) is 3.32. The van der Waals surface area contributed by atoms with E-state index in [4.69, 9.17) is 4.42 Å². The lowest BCUT2D eigenvalue weighted by Gasteiger charge is -2.06. The molecule has 1 N–H and O–H groups in total. The van der Waals surface area contributed by atoms with Gasteiger partial charge in [0.25, 0.3) is 0 Å². The van der Waals surface area contributed by atoms with Crippen LogP contribution in [-0.2, 0) is 21.1 Å². The molecule has 0 atom stereocenters. The van der Waals surface area contributed by atoms with Gasteiger partial charge in [0.2, 0.25) is 15.7 Å². The third-order valence-electron chi connectivity index (χ3n) is 3.70. The molecule has 142 valence electrons. The molecule has 27 heavy (non-hydrogen) atoms. The van der Waals surface area contributed by atoms with Crippen molar-refractivity contribution in [3.8, 4) is 0 Å². The number of nitrogens with one attached hydrogen (secondary N) is 1. The number of hydrogen-bond acceptors (Lipinski definition) is 7. The fourth-order valence-electron chi connectivity index (χ4n) is 2.29. The minimum absolute atomic E-state index is 0.00439. The van der Waals surface area contributed by atoms with Gasteiger partial charge in [-0.25, -0.2) is 13.4 Å². The molecule has 6 nitrogen and oxygen atoms in total. The van der Waals surface area contributed by atoms with E-state index < -0.39 is 9.84 Å². The Hall–Kier alpha value is -2.10. The molecule has 2 heterocycles. The van der Waals surface area contributed by atoms with Crippen LogP contribution in [0.4, 0.5) is 0 Å². The van der Waals surface area contributed by atoms with Crippen LogP contribution in [0.15, 0.2) is 66.7 Å². The van der Waals surface area contributed by atoms with Crippen LogP contribution in [0, 0.1) is 6.92 Å². The van der Waals surface area contributed by atoms with Gasteiger partial charge in [-0.2, -0.15) is 0 Å². The number of carbonyl (C=O) groups excluding carboxylic acids is 1. The van der Waals surface area contributed by atoms with Gasteiger partial charge in [-0.1, -0.05) is 17.7 Å². The monoisotopic (exact) mass is 422 g/mol. The van der Waals surface area contributed by atoms with Crippen LogP contribution >= 0.6 is 23.1 Å². The number of benzene rings is 1. The lowest BCUT2D eigenvalue weighted by atomic mass is 10.2. The number of thioether (sulfide) groups is 1. The lowest BCUT2D eigenvalue weighted by molar-refractivity contribution is -0.118. The van der Waals surface area contributed by atoms with Gasteiger partial charge in [0.05, 0.1) is 26.6 Å². The van der Waals surface area contributed by atoms with Gasteiger partial charge in [0.15, 0.2) is 5.03 Å². The standard InChI is InChI=1S/C18H18N2O4S3/c1-13-4-6-15(7-5-13)27(22,23)17-18(26-12-20-17)25-11-16(21)19-9-8-14-3-2-10-24-14/h2-7,10,12H,8-9,11H2,1H3,(H,19,21). The second-order valence-corrected chi connectivity index (χ2v) is 9.69. The first-order valence-electron chi connectivity index (χ1n) is 8.14. The van der Waals surface area contributed by atoms with Crippen LogP contribution < -0.4 is 5.32 Å². The second kappa shape index (κ2) is 8.73. The van der Waals surface area contributed by atoms with Gasteiger partial charge in [-0.15, -0.1) is 23.1 Å². The highest BCUT2D eigenvalue weighted by molar-refractivity contribution is 8.02. The predicted octanol–water partition coefficient (Wildman–Crippen LogP) is 3.33. The molecule has 1 amide bonds. The minimum Gasteiger partial charge on any atom is -0.469 e. The molecule has 3 aromatic rings. The van der Waals surface area contributed by atoms with Crippen molar-refractivity contribution >= 4 is 38.8 Å². The van der Waals surface area contributed by atoms with Gasteiger partial charge in [-0.05, 0) is 31.2 Å². The summed E-state index contributed by atoms with van der Waals surface area (Å²) >= 11 is 2.39. The normalized spacial score (nSPS) is 11.4. The maximum Gasteiger partial charge on any atom is 0.230 e. The van der Waals surface area contributed by atoms with Crippen molar-refractivity contribution in [3.05, 3.63) is 59.5 Å². The molecular formula is C18H18N2O4S3. The van der Waals surface area contributed by atoms with Crippen molar-refractivity contribution in [3.63, 3.8) is 0 Å². The van der Waals surface area contributed by atoms with Gasteiger partial charge < -0.3 is 9.73 Å². The maximum atomic E-state index is 12.8. The van der Waals surface area contributed by atoms with Crippen LogP contribution in [0.25, 0.3) is 0 Å². The molecule has 0 saturated heterocycles. The van der Waals surface area contributed by atoms with Gasteiger partial charge >= 0.3 is 0 Å². The molecule has 1 aromatic carbocycles. The number of nitrogens with zero attached hydrogens (tertiary/aromatic N) is 1. The van der Waals surface area contributed by atoms with Gasteiger partial charge in [-0.3, -0.25) is 4.79 Å². The van der Waals surface area contributed by atoms with E-state index in [9.17, 15) is 13.2 Å². The number of aromatic nitrogens is 1. The maximum absolute atomic E-state index is 12.8. The summed E-state index contributed by atoms with van der Waals surface area (Å²) in [7, 11) is -3.70. The summed E-state index contributed by atoms with van der Waals surface area (Å²) in [5.41, 5.74) is 2.46. The van der Waals surface area contributed by atoms with E-state index in [2.05, 4.69) is 10.3 Å². The molecule has 0 radical (unpaired) electrons. The Balaban J connectivity index is 1.59. The molecule has 9 heteroatoms. The predicted molar refractivity (Wildman–Crippen MR) is 105 cm³/mol. The first kappa shape index (κ1) is 19.7. The Labute approximate surface area is 165 Å². The van der Waals surface area contributed by atoms with Crippen molar-refractivity contribution in [1.29, 1.82) is 0 Å². The second-order valence-electron chi connectivity index (χ2n) is 5.73. The van der Waals surface area contributed by atoms with Gasteiger partial charge in [0.1, 0.15) is 5.76 Å². The van der Waals surface area contributed by atoms with Crippen molar-refractivity contribution in [2.45, 2.75) is 27.5 Å². The molecule has 0 fully saturated rings. The summed E-state index contributed by atoms with van der Waals surface area (Å²) in [6.45, 7) is 2.36. The Morgan fingerprint density at radius 3 is 2.74 bits per heavy atom. The summed E-state index contributed by atoms with van der Waals surface area (Å²) in [6, 6.07) is 10.3. The molecule has 0 spiro atoms. The lowest BCUT2D eigenvalue weighted by Crippen LogP contribution is -2.27. The zero-order valence-corrected chi connectivity index (χ0v) is 17.0. The number of sulfone groups is 1. The quantitative estimate of drug-likeness (QED) is 0.560. The smallest absolute Gasteiger partial charge is 0.230 e. The molecule has 0 bridgehead atoms. The van der Waals surface area contributed by atoms with Crippen LogP contribution in [0.3, 0.4) is 0 Å². The third kappa shape index (κ3) is 5.00. The number of aryl methyl sites for hydroxylation is 1. The number of rotatable bonds is 8. The number of hydrogen-bond donors (Lipinski definition) is 1. The van der Waals surface area contributed by atoms with E-state index in [0.29, 0.717) is 17.2 Å². The molecule has 0 unspecified atom stereocenters. The van der Waals surface area contributed by atoms with E-state index in [1.54, 1.807) is 36.6 Å². The van der Waals surface area contributed by atoms with E-state index in [-0.39, 0.29) is 21.6 Å². The Morgan fingerprint density at radius 1 is 1.26 bits per heavy atom. The zero-order valence-electron chi connectivity index (χ0n) is 14.5. The molecule has 0 saturated carbocycles. The van der Waals surface area contributed by atoms with Crippen molar-refractivity contribution in [2.75, 3.05) is 12.3 Å². The van der Waals surface area contributed by atoms with E-state index in [0.717, 1.165) is 11.3 Å². The van der Waals surface area contributed by atoms with Crippen LogP contribution in [0.1, 0.15) is 11.3 Å². The molecular weight excluding hydrogens is 404 g/mol. The molecule has 0 aliphatic carbocycles. The van der Waals surface area contributed by atoms with Crippen LogP contribution in [0.2, 0.25) is 0 Å².